The molecule has 0 unspecified atom stereocenters. The third-order valence-electron chi connectivity index (χ3n) is 3.69. The number of ketones is 1. The van der Waals surface area contributed by atoms with Crippen molar-refractivity contribution in [3.8, 4) is 23.7 Å². The first-order chi connectivity index (χ1) is 12.6. The first-order valence-corrected chi connectivity index (χ1v) is 9.11. The molecular weight excluding hydrogens is 326 g/mol. The maximum atomic E-state index is 11.1. The zero-order chi connectivity index (χ0) is 19.0. The number of aliphatic hydroxyl groups is 1. The van der Waals surface area contributed by atoms with E-state index >= 15 is 0 Å². The Morgan fingerprint density at radius 2 is 1.50 bits per heavy atom. The van der Waals surface area contributed by atoms with Crippen LogP contribution in [-0.2, 0) is 9.59 Å². The van der Waals surface area contributed by atoms with Gasteiger partial charge in [0.1, 0.15) is 0 Å². The lowest BCUT2D eigenvalue weighted by Crippen LogP contribution is -2.29. The van der Waals surface area contributed by atoms with Crippen molar-refractivity contribution in [3.05, 3.63) is 35.4 Å². The van der Waals surface area contributed by atoms with E-state index < -0.39 is 11.7 Å². The van der Waals surface area contributed by atoms with Crippen molar-refractivity contribution in [2.75, 3.05) is 13.2 Å². The van der Waals surface area contributed by atoms with E-state index in [0.717, 1.165) is 49.7 Å². The van der Waals surface area contributed by atoms with Gasteiger partial charge in [-0.05, 0) is 25.0 Å². The van der Waals surface area contributed by atoms with Gasteiger partial charge in [-0.1, -0.05) is 55.1 Å². The number of Topliss-reactive ketones (excluding diaryl/α,β-unsaturated/α-hetero) is 1. The van der Waals surface area contributed by atoms with Crippen LogP contribution in [0, 0.1) is 23.7 Å². The van der Waals surface area contributed by atoms with Crippen LogP contribution in [0.5, 0.6) is 0 Å². The van der Waals surface area contributed by atoms with Crippen LogP contribution < -0.4 is 5.32 Å². The van der Waals surface area contributed by atoms with E-state index in [-0.39, 0.29) is 6.61 Å². The third-order valence-corrected chi connectivity index (χ3v) is 3.69. The van der Waals surface area contributed by atoms with Gasteiger partial charge in [-0.15, -0.1) is 0 Å². The smallest absolute Gasteiger partial charge is 0.287 e. The summed E-state index contributed by atoms with van der Waals surface area (Å²) >= 11 is 0. The topological polar surface area (TPSA) is 66.4 Å². The summed E-state index contributed by atoms with van der Waals surface area (Å²) in [5.41, 5.74) is 1.79. The highest BCUT2D eigenvalue weighted by atomic mass is 16.3. The number of hydrogen-bond acceptors (Lipinski definition) is 3. The molecule has 1 aromatic rings. The van der Waals surface area contributed by atoms with Gasteiger partial charge in [0.25, 0.3) is 5.91 Å². The average Bonchev–Trinajstić information content (AvgIpc) is 2.64. The highest BCUT2D eigenvalue weighted by Gasteiger charge is 2.04. The van der Waals surface area contributed by atoms with E-state index in [1.54, 1.807) is 0 Å². The van der Waals surface area contributed by atoms with Gasteiger partial charge in [0.2, 0.25) is 5.78 Å². The zero-order valence-corrected chi connectivity index (χ0v) is 15.4. The Hall–Kier alpha value is -2.56. The number of carbonyl (C=O) groups is 2. The minimum Gasteiger partial charge on any atom is -0.396 e. The molecular formula is C22H27NO3. The first kappa shape index (κ1) is 21.5. The van der Waals surface area contributed by atoms with E-state index in [1.165, 1.54) is 6.92 Å². The molecule has 0 spiro atoms. The van der Waals surface area contributed by atoms with Crippen LogP contribution in [0.25, 0.3) is 0 Å². The Morgan fingerprint density at radius 3 is 2.12 bits per heavy atom. The standard InChI is InChI=1S/C22H27NO3/c1-19(25)22(26)23-17-11-10-16-21-15-9-8-14-20(21)13-7-5-3-2-4-6-12-18-24/h8-9,14-15,24H,2-6,11-12,17-18H2,1H3,(H,23,26). The molecule has 0 saturated heterocycles. The first-order valence-electron chi connectivity index (χ1n) is 9.11. The molecule has 0 radical (unpaired) electrons. The summed E-state index contributed by atoms with van der Waals surface area (Å²) in [4.78, 5) is 21.9. The van der Waals surface area contributed by atoms with Crippen LogP contribution in [0.15, 0.2) is 24.3 Å². The molecule has 0 bridgehead atoms. The average molecular weight is 353 g/mol. The van der Waals surface area contributed by atoms with Gasteiger partial charge in [-0.25, -0.2) is 0 Å². The summed E-state index contributed by atoms with van der Waals surface area (Å²) in [6, 6.07) is 7.75. The largest absolute Gasteiger partial charge is 0.396 e. The molecule has 1 aromatic carbocycles. The number of aliphatic hydroxyl groups excluding tert-OH is 1. The van der Waals surface area contributed by atoms with E-state index in [9.17, 15) is 9.59 Å². The van der Waals surface area contributed by atoms with Gasteiger partial charge in [0.15, 0.2) is 0 Å². The van der Waals surface area contributed by atoms with Gasteiger partial charge >= 0.3 is 0 Å². The quantitative estimate of drug-likeness (QED) is 0.408. The molecule has 4 nitrogen and oxygen atoms in total. The number of rotatable bonds is 9. The SMILES string of the molecule is CC(=O)C(=O)NCCC#Cc1ccccc1C#CCCCCCCCO. The molecule has 1 rings (SSSR count). The molecule has 0 atom stereocenters. The number of unbranched alkanes of at least 4 members (excludes halogenated alkanes) is 5. The van der Waals surface area contributed by atoms with Crippen LogP contribution in [0.1, 0.15) is 63.0 Å². The number of benzene rings is 1. The van der Waals surface area contributed by atoms with Crippen LogP contribution in [0.4, 0.5) is 0 Å². The Labute approximate surface area is 156 Å². The maximum absolute atomic E-state index is 11.1. The molecule has 0 aromatic heterocycles. The normalized spacial score (nSPS) is 9.46. The molecule has 0 aliphatic carbocycles. The van der Waals surface area contributed by atoms with Gasteiger partial charge in [0, 0.05) is 44.0 Å². The molecule has 2 N–H and O–H groups in total. The Morgan fingerprint density at radius 1 is 0.923 bits per heavy atom. The van der Waals surface area contributed by atoms with E-state index in [0.29, 0.717) is 13.0 Å². The van der Waals surface area contributed by atoms with Crippen molar-refractivity contribution in [1.82, 2.24) is 5.32 Å². The second kappa shape index (κ2) is 13.7. The summed E-state index contributed by atoms with van der Waals surface area (Å²) in [7, 11) is 0. The molecule has 4 heteroatoms. The Bertz CT molecular complexity index is 701. The highest BCUT2D eigenvalue weighted by Crippen LogP contribution is 2.07. The third kappa shape index (κ3) is 9.67. The van der Waals surface area contributed by atoms with Crippen LogP contribution in [0.2, 0.25) is 0 Å². The zero-order valence-electron chi connectivity index (χ0n) is 15.4. The fourth-order valence-electron chi connectivity index (χ4n) is 2.24. The molecule has 0 aliphatic rings. The van der Waals surface area contributed by atoms with E-state index in [4.69, 9.17) is 5.11 Å². The van der Waals surface area contributed by atoms with Crippen molar-refractivity contribution >= 4 is 11.7 Å². The number of nitrogens with one attached hydrogen (secondary N) is 1. The number of hydrogen-bond donors (Lipinski definition) is 2. The molecule has 0 aliphatic heterocycles. The lowest BCUT2D eigenvalue weighted by atomic mass is 10.1. The van der Waals surface area contributed by atoms with Gasteiger partial charge in [-0.2, -0.15) is 0 Å². The van der Waals surface area contributed by atoms with Gasteiger partial charge in [0.05, 0.1) is 0 Å². The van der Waals surface area contributed by atoms with E-state index in [1.807, 2.05) is 24.3 Å². The highest BCUT2D eigenvalue weighted by molar-refractivity contribution is 6.35. The number of amides is 1. The molecule has 26 heavy (non-hydrogen) atoms. The Kier molecular flexibility index (Phi) is 11.3. The second-order valence-electron chi connectivity index (χ2n) is 5.95. The summed E-state index contributed by atoms with van der Waals surface area (Å²) in [5.74, 6) is 11.4. The molecule has 138 valence electrons. The van der Waals surface area contributed by atoms with Crippen LogP contribution in [-0.4, -0.2) is 29.9 Å². The van der Waals surface area contributed by atoms with Gasteiger partial charge in [-0.3, -0.25) is 9.59 Å². The lowest BCUT2D eigenvalue weighted by Gasteiger charge is -1.98. The van der Waals surface area contributed by atoms with E-state index in [2.05, 4.69) is 29.0 Å². The second-order valence-corrected chi connectivity index (χ2v) is 5.95. The number of carbonyl (C=O) groups excluding carboxylic acids is 2. The van der Waals surface area contributed by atoms with Gasteiger partial charge < -0.3 is 10.4 Å². The summed E-state index contributed by atoms with van der Waals surface area (Å²) in [5, 5.41) is 11.2. The predicted octanol–water partition coefficient (Wildman–Crippen LogP) is 2.82. The molecule has 1 amide bonds. The summed E-state index contributed by atoms with van der Waals surface area (Å²) in [6.45, 7) is 1.88. The molecule has 0 heterocycles. The summed E-state index contributed by atoms with van der Waals surface area (Å²) < 4.78 is 0. The minimum absolute atomic E-state index is 0.278. The van der Waals surface area contributed by atoms with Crippen molar-refractivity contribution < 1.29 is 14.7 Å². The van der Waals surface area contributed by atoms with Crippen molar-refractivity contribution in [3.63, 3.8) is 0 Å². The predicted molar refractivity (Wildman–Crippen MR) is 103 cm³/mol. The minimum atomic E-state index is -0.575. The molecule has 0 fully saturated rings. The summed E-state index contributed by atoms with van der Waals surface area (Å²) in [6.07, 6.45) is 6.66. The molecule has 0 saturated carbocycles. The van der Waals surface area contributed by atoms with Crippen molar-refractivity contribution in [1.29, 1.82) is 0 Å². The van der Waals surface area contributed by atoms with Crippen molar-refractivity contribution in [2.45, 2.75) is 51.9 Å². The maximum Gasteiger partial charge on any atom is 0.287 e. The van der Waals surface area contributed by atoms with Crippen molar-refractivity contribution in [2.24, 2.45) is 0 Å². The fourth-order valence-corrected chi connectivity index (χ4v) is 2.24. The lowest BCUT2D eigenvalue weighted by molar-refractivity contribution is -0.136. The Balaban J connectivity index is 2.43. The monoisotopic (exact) mass is 353 g/mol. The van der Waals surface area contributed by atoms with Crippen LogP contribution in [0.3, 0.4) is 0 Å². The van der Waals surface area contributed by atoms with Crippen LogP contribution >= 0.6 is 0 Å². The fraction of sp³-hybridized carbons (Fsp3) is 0.455.